The molecule has 3 N–H and O–H groups in total. The van der Waals surface area contributed by atoms with Gasteiger partial charge in [0.1, 0.15) is 0 Å². The highest BCUT2D eigenvalue weighted by Crippen LogP contribution is 2.28. The minimum atomic E-state index is -0.808. The molecule has 106 valence electrons. The molecule has 0 aliphatic heterocycles. The first-order valence-electron chi connectivity index (χ1n) is 7.18. The van der Waals surface area contributed by atoms with Crippen molar-refractivity contribution in [2.75, 3.05) is 0 Å². The summed E-state index contributed by atoms with van der Waals surface area (Å²) in [5.41, 5.74) is 0.304. The molecule has 0 bridgehead atoms. The molecule has 0 heterocycles. The average molecular weight is 263 g/mol. The Balaban J connectivity index is 2.07. The molecule has 0 saturated heterocycles. The first-order valence-corrected chi connectivity index (χ1v) is 7.18. The Morgan fingerprint density at radius 2 is 1.68 bits per heavy atom. The number of aliphatic hydroxyl groups excluding tert-OH is 1. The van der Waals surface area contributed by atoms with E-state index in [1.807, 2.05) is 44.2 Å². The lowest BCUT2D eigenvalue weighted by Crippen LogP contribution is -2.45. The lowest BCUT2D eigenvalue weighted by atomic mass is 9.87. The third-order valence-electron chi connectivity index (χ3n) is 3.94. The van der Waals surface area contributed by atoms with Crippen LogP contribution < -0.4 is 5.32 Å². The highest BCUT2D eigenvalue weighted by atomic mass is 16.3. The first kappa shape index (κ1) is 14.5. The van der Waals surface area contributed by atoms with Crippen LogP contribution in [0.1, 0.15) is 51.1 Å². The second-order valence-corrected chi connectivity index (χ2v) is 6.17. The summed E-state index contributed by atoms with van der Waals surface area (Å²) in [5.74, 6) is 0. The summed E-state index contributed by atoms with van der Waals surface area (Å²) in [6, 6.07) is 10.4. The van der Waals surface area contributed by atoms with Crippen molar-refractivity contribution < 1.29 is 10.2 Å². The van der Waals surface area contributed by atoms with E-state index in [4.69, 9.17) is 0 Å². The fraction of sp³-hybridized carbons (Fsp3) is 0.625. The van der Waals surface area contributed by atoms with Gasteiger partial charge in [-0.1, -0.05) is 30.3 Å². The van der Waals surface area contributed by atoms with Crippen molar-refractivity contribution >= 4 is 0 Å². The Bertz CT molecular complexity index is 377. The van der Waals surface area contributed by atoms with Gasteiger partial charge in [0, 0.05) is 6.04 Å². The zero-order valence-electron chi connectivity index (χ0n) is 11.8. The Morgan fingerprint density at radius 3 is 2.21 bits per heavy atom. The summed E-state index contributed by atoms with van der Waals surface area (Å²) in [7, 11) is 0. The minimum absolute atomic E-state index is 0.0751. The van der Waals surface area contributed by atoms with Gasteiger partial charge in [-0.2, -0.15) is 0 Å². The molecule has 0 aromatic heterocycles. The maximum Gasteiger partial charge on any atom is 0.0785 e. The van der Waals surface area contributed by atoms with Gasteiger partial charge in [-0.25, -0.2) is 0 Å². The molecule has 3 nitrogen and oxygen atoms in total. The van der Waals surface area contributed by atoms with Crippen molar-refractivity contribution in [3.8, 4) is 0 Å². The van der Waals surface area contributed by atoms with Gasteiger partial charge in [-0.05, 0) is 45.1 Å². The summed E-state index contributed by atoms with van der Waals surface area (Å²) >= 11 is 0. The number of rotatable bonds is 4. The Hall–Kier alpha value is -0.900. The van der Waals surface area contributed by atoms with E-state index in [-0.39, 0.29) is 12.1 Å². The van der Waals surface area contributed by atoms with Crippen LogP contribution in [-0.2, 0) is 0 Å². The molecule has 1 saturated carbocycles. The van der Waals surface area contributed by atoms with E-state index in [0.717, 1.165) is 31.2 Å². The van der Waals surface area contributed by atoms with Gasteiger partial charge >= 0.3 is 0 Å². The SMILES string of the molecule is CC(C)(O)C(NC1CCC(O)CC1)c1ccccc1. The van der Waals surface area contributed by atoms with Crippen LogP contribution in [0.4, 0.5) is 0 Å². The van der Waals surface area contributed by atoms with Gasteiger partial charge in [0.25, 0.3) is 0 Å². The highest BCUT2D eigenvalue weighted by Gasteiger charge is 2.31. The quantitative estimate of drug-likeness (QED) is 0.782. The molecule has 1 aliphatic carbocycles. The topological polar surface area (TPSA) is 52.5 Å². The number of aliphatic hydroxyl groups is 2. The minimum Gasteiger partial charge on any atom is -0.393 e. The van der Waals surface area contributed by atoms with Crippen molar-refractivity contribution in [1.82, 2.24) is 5.32 Å². The van der Waals surface area contributed by atoms with Crippen LogP contribution in [0.25, 0.3) is 0 Å². The summed E-state index contributed by atoms with van der Waals surface area (Å²) in [4.78, 5) is 0. The molecule has 1 aromatic carbocycles. The number of nitrogens with one attached hydrogen (secondary N) is 1. The van der Waals surface area contributed by atoms with Crippen LogP contribution in [0.5, 0.6) is 0 Å². The predicted molar refractivity (Wildman–Crippen MR) is 76.9 cm³/mol. The van der Waals surface area contributed by atoms with E-state index in [0.29, 0.717) is 6.04 Å². The molecule has 19 heavy (non-hydrogen) atoms. The fourth-order valence-electron chi connectivity index (χ4n) is 2.83. The number of hydrogen-bond donors (Lipinski definition) is 3. The van der Waals surface area contributed by atoms with E-state index in [9.17, 15) is 10.2 Å². The Morgan fingerprint density at radius 1 is 1.11 bits per heavy atom. The number of hydrogen-bond acceptors (Lipinski definition) is 3. The molecule has 1 unspecified atom stereocenters. The van der Waals surface area contributed by atoms with Crippen LogP contribution >= 0.6 is 0 Å². The van der Waals surface area contributed by atoms with Crippen molar-refractivity contribution in [2.45, 2.75) is 63.3 Å². The Labute approximate surface area is 115 Å². The largest absolute Gasteiger partial charge is 0.393 e. The summed E-state index contributed by atoms with van der Waals surface area (Å²) in [6.45, 7) is 3.69. The molecule has 1 fully saturated rings. The maximum absolute atomic E-state index is 10.4. The lowest BCUT2D eigenvalue weighted by molar-refractivity contribution is 0.0258. The van der Waals surface area contributed by atoms with Crippen molar-refractivity contribution in [3.63, 3.8) is 0 Å². The van der Waals surface area contributed by atoms with Gasteiger partial charge in [0.2, 0.25) is 0 Å². The molecule has 1 atom stereocenters. The van der Waals surface area contributed by atoms with Crippen molar-refractivity contribution in [1.29, 1.82) is 0 Å². The second-order valence-electron chi connectivity index (χ2n) is 6.17. The molecule has 1 aromatic rings. The maximum atomic E-state index is 10.4. The van der Waals surface area contributed by atoms with Crippen LogP contribution in [0.2, 0.25) is 0 Å². The van der Waals surface area contributed by atoms with E-state index >= 15 is 0 Å². The fourth-order valence-corrected chi connectivity index (χ4v) is 2.83. The Kier molecular flexibility index (Phi) is 4.61. The first-order chi connectivity index (χ1) is 8.97. The average Bonchev–Trinajstić information content (AvgIpc) is 2.37. The van der Waals surface area contributed by atoms with E-state index < -0.39 is 5.60 Å². The molecule has 2 rings (SSSR count). The monoisotopic (exact) mass is 263 g/mol. The third-order valence-corrected chi connectivity index (χ3v) is 3.94. The lowest BCUT2D eigenvalue weighted by Gasteiger charge is -2.36. The van der Waals surface area contributed by atoms with Crippen LogP contribution in [0.3, 0.4) is 0 Å². The predicted octanol–water partition coefficient (Wildman–Crippen LogP) is 2.39. The summed E-state index contributed by atoms with van der Waals surface area (Å²) in [6.07, 6.45) is 3.51. The van der Waals surface area contributed by atoms with Gasteiger partial charge in [-0.3, -0.25) is 0 Å². The standard InChI is InChI=1S/C16H25NO2/c1-16(2,19)15(12-6-4-3-5-7-12)17-13-8-10-14(18)11-9-13/h3-7,13-15,17-19H,8-11H2,1-2H3. The number of benzene rings is 1. The molecular weight excluding hydrogens is 238 g/mol. The highest BCUT2D eigenvalue weighted by molar-refractivity contribution is 5.21. The van der Waals surface area contributed by atoms with Crippen LogP contribution in [0, 0.1) is 0 Å². The molecule has 3 heteroatoms. The van der Waals surface area contributed by atoms with Crippen LogP contribution in [0.15, 0.2) is 30.3 Å². The zero-order valence-corrected chi connectivity index (χ0v) is 11.8. The molecule has 0 radical (unpaired) electrons. The van der Waals surface area contributed by atoms with Crippen LogP contribution in [-0.4, -0.2) is 28.0 Å². The zero-order chi connectivity index (χ0) is 13.9. The molecule has 0 spiro atoms. The summed E-state index contributed by atoms with van der Waals surface area (Å²) in [5, 5.41) is 23.5. The van der Waals surface area contributed by atoms with Gasteiger partial charge < -0.3 is 15.5 Å². The van der Waals surface area contributed by atoms with Gasteiger partial charge in [-0.15, -0.1) is 0 Å². The normalized spacial score (nSPS) is 26.1. The second kappa shape index (κ2) is 6.04. The smallest absolute Gasteiger partial charge is 0.0785 e. The molecule has 1 aliphatic rings. The van der Waals surface area contributed by atoms with E-state index in [2.05, 4.69) is 5.32 Å². The van der Waals surface area contributed by atoms with E-state index in [1.165, 1.54) is 0 Å². The third kappa shape index (κ3) is 4.03. The molecule has 0 amide bonds. The molecular formula is C16H25NO2. The van der Waals surface area contributed by atoms with Gasteiger partial charge in [0.05, 0.1) is 17.7 Å². The van der Waals surface area contributed by atoms with Crippen molar-refractivity contribution in [2.24, 2.45) is 0 Å². The van der Waals surface area contributed by atoms with E-state index in [1.54, 1.807) is 0 Å². The van der Waals surface area contributed by atoms with Crippen molar-refractivity contribution in [3.05, 3.63) is 35.9 Å². The van der Waals surface area contributed by atoms with Gasteiger partial charge in [0.15, 0.2) is 0 Å². The summed E-state index contributed by atoms with van der Waals surface area (Å²) < 4.78 is 0.